The number of methoxy groups -OCH3 is 1. The third kappa shape index (κ3) is 3.82. The summed E-state index contributed by atoms with van der Waals surface area (Å²) in [6, 6.07) is 15.3. The normalized spacial score (nSPS) is 20.4. The maximum absolute atomic E-state index is 13.8. The molecular weight excluding hydrogens is 495 g/mol. The van der Waals surface area contributed by atoms with Gasteiger partial charge < -0.3 is 14.6 Å². The number of aliphatic hydroxyl groups excluding tert-OH is 1. The highest BCUT2D eigenvalue weighted by Crippen LogP contribution is 2.45. The molecule has 0 spiro atoms. The average Bonchev–Trinajstić information content (AvgIpc) is 3.55. The first-order valence-corrected chi connectivity index (χ1v) is 12.5. The second kappa shape index (κ2) is 8.70. The first-order valence-electron chi connectivity index (χ1n) is 11.6. The Morgan fingerprint density at radius 3 is 2.68 bits per heavy atom. The van der Waals surface area contributed by atoms with Crippen molar-refractivity contribution in [3.05, 3.63) is 88.7 Å². The van der Waals surface area contributed by atoms with Gasteiger partial charge >= 0.3 is 5.91 Å². The SMILES string of the molecule is COc1ccc([C@H]2/C(=C(\O)c3ccc4c(c3)C[C@H](C)O4)C(=O)C(=O)N2c2nc3ccc(F)cc3s2)cc1. The summed E-state index contributed by atoms with van der Waals surface area (Å²) in [7, 11) is 1.54. The maximum Gasteiger partial charge on any atom is 0.301 e. The molecule has 1 fully saturated rings. The van der Waals surface area contributed by atoms with Crippen molar-refractivity contribution in [2.24, 2.45) is 0 Å². The van der Waals surface area contributed by atoms with E-state index in [0.717, 1.165) is 22.6 Å². The van der Waals surface area contributed by atoms with Crippen LogP contribution in [0.2, 0.25) is 0 Å². The second-order valence-corrected chi connectivity index (χ2v) is 10.0. The first kappa shape index (κ1) is 23.2. The number of carbonyl (C=O) groups is 2. The number of Topliss-reactive ketones (excluding diaryl/α,β-unsaturated/α-hetero) is 1. The third-order valence-electron chi connectivity index (χ3n) is 6.59. The number of aliphatic hydroxyl groups is 1. The monoisotopic (exact) mass is 516 g/mol. The number of nitrogens with zero attached hydrogens (tertiary/aromatic N) is 2. The molecule has 3 heterocycles. The van der Waals surface area contributed by atoms with E-state index in [4.69, 9.17) is 9.47 Å². The fourth-order valence-corrected chi connectivity index (χ4v) is 5.86. The number of ether oxygens (including phenoxy) is 2. The Kier molecular flexibility index (Phi) is 5.45. The number of thiazole rings is 1. The summed E-state index contributed by atoms with van der Waals surface area (Å²) in [4.78, 5) is 32.6. The van der Waals surface area contributed by atoms with Gasteiger partial charge in [0.2, 0.25) is 0 Å². The zero-order valence-corrected chi connectivity index (χ0v) is 20.7. The van der Waals surface area contributed by atoms with Crippen molar-refractivity contribution < 1.29 is 28.6 Å². The van der Waals surface area contributed by atoms with Crippen LogP contribution in [0.3, 0.4) is 0 Å². The van der Waals surface area contributed by atoms with E-state index in [9.17, 15) is 19.1 Å². The molecule has 0 unspecified atom stereocenters. The van der Waals surface area contributed by atoms with Crippen molar-refractivity contribution >= 4 is 44.1 Å². The fraction of sp³-hybridized carbons (Fsp3) is 0.179. The van der Waals surface area contributed by atoms with Gasteiger partial charge in [0, 0.05) is 12.0 Å². The van der Waals surface area contributed by atoms with E-state index in [0.29, 0.717) is 33.5 Å². The standard InChI is InChI=1S/C28H21FN2O5S/c1-14-11-17-12-16(5-10-21(17)36-14)25(32)23-24(15-3-7-19(35-2)8-4-15)31(27(34)26(23)33)28-30-20-9-6-18(29)13-22(20)37-28/h3-10,12-14,24,32H,11H2,1-2H3/b25-23+/t14-,24-/m0/s1. The molecule has 37 heavy (non-hydrogen) atoms. The molecule has 1 N–H and O–H groups in total. The number of carbonyl (C=O) groups excluding carboxylic acids is 2. The van der Waals surface area contributed by atoms with E-state index in [2.05, 4.69) is 4.98 Å². The van der Waals surface area contributed by atoms with Crippen molar-refractivity contribution in [1.29, 1.82) is 0 Å². The van der Waals surface area contributed by atoms with Crippen molar-refractivity contribution in [3.63, 3.8) is 0 Å². The highest BCUT2D eigenvalue weighted by molar-refractivity contribution is 7.22. The lowest BCUT2D eigenvalue weighted by molar-refractivity contribution is -0.132. The summed E-state index contributed by atoms with van der Waals surface area (Å²) in [6.07, 6.45) is 0.691. The van der Waals surface area contributed by atoms with E-state index in [1.54, 1.807) is 49.6 Å². The van der Waals surface area contributed by atoms with Gasteiger partial charge in [-0.1, -0.05) is 23.5 Å². The number of anilines is 1. The molecule has 0 radical (unpaired) electrons. The number of ketones is 1. The number of hydrogen-bond acceptors (Lipinski definition) is 7. The van der Waals surface area contributed by atoms with Crippen molar-refractivity contribution in [2.75, 3.05) is 12.0 Å². The van der Waals surface area contributed by atoms with Crippen LogP contribution < -0.4 is 14.4 Å². The smallest absolute Gasteiger partial charge is 0.301 e. The minimum absolute atomic E-state index is 0.0150. The summed E-state index contributed by atoms with van der Waals surface area (Å²) < 4.78 is 25.4. The van der Waals surface area contributed by atoms with Gasteiger partial charge in [-0.3, -0.25) is 14.5 Å². The molecule has 4 aromatic rings. The Hall–Kier alpha value is -4.24. The number of rotatable bonds is 4. The average molecular weight is 517 g/mol. The van der Waals surface area contributed by atoms with Crippen molar-refractivity contribution in [2.45, 2.75) is 25.5 Å². The molecule has 0 saturated carbocycles. The molecule has 1 amide bonds. The lowest BCUT2D eigenvalue weighted by atomic mass is 9.94. The highest BCUT2D eigenvalue weighted by Gasteiger charge is 2.48. The lowest BCUT2D eigenvalue weighted by Crippen LogP contribution is -2.29. The molecule has 1 aromatic heterocycles. The van der Waals surface area contributed by atoms with E-state index in [1.807, 2.05) is 6.92 Å². The number of fused-ring (bicyclic) bond motifs is 2. The zero-order chi connectivity index (χ0) is 25.8. The molecule has 186 valence electrons. The van der Waals surface area contributed by atoms with Crippen LogP contribution in [0.1, 0.15) is 29.7 Å². The van der Waals surface area contributed by atoms with Gasteiger partial charge in [-0.2, -0.15) is 0 Å². The second-order valence-electron chi connectivity index (χ2n) is 9.01. The summed E-state index contributed by atoms with van der Waals surface area (Å²) in [6.45, 7) is 1.96. The maximum atomic E-state index is 13.8. The summed E-state index contributed by atoms with van der Waals surface area (Å²) in [5.74, 6) is -1.02. The Bertz CT molecular complexity index is 1610. The molecule has 0 aliphatic carbocycles. The first-order chi connectivity index (χ1) is 17.8. The van der Waals surface area contributed by atoms with Crippen LogP contribution in [0.15, 0.2) is 66.2 Å². The van der Waals surface area contributed by atoms with Gasteiger partial charge in [-0.15, -0.1) is 0 Å². The fourth-order valence-electron chi connectivity index (χ4n) is 4.85. The van der Waals surface area contributed by atoms with E-state index >= 15 is 0 Å². The predicted octanol–water partition coefficient (Wildman–Crippen LogP) is 5.39. The van der Waals surface area contributed by atoms with Crippen molar-refractivity contribution in [1.82, 2.24) is 4.98 Å². The molecule has 2 aliphatic heterocycles. The molecule has 2 aliphatic rings. The zero-order valence-electron chi connectivity index (χ0n) is 19.9. The van der Waals surface area contributed by atoms with Crippen LogP contribution in [-0.2, 0) is 16.0 Å². The largest absolute Gasteiger partial charge is 0.507 e. The van der Waals surface area contributed by atoms with E-state index < -0.39 is 23.5 Å². The third-order valence-corrected chi connectivity index (χ3v) is 7.61. The van der Waals surface area contributed by atoms with Gasteiger partial charge in [0.05, 0.1) is 28.9 Å². The Balaban J connectivity index is 1.53. The van der Waals surface area contributed by atoms with Crippen LogP contribution in [-0.4, -0.2) is 35.0 Å². The van der Waals surface area contributed by atoms with Crippen LogP contribution in [0.4, 0.5) is 9.52 Å². The predicted molar refractivity (Wildman–Crippen MR) is 138 cm³/mol. The van der Waals surface area contributed by atoms with Crippen LogP contribution in [0.25, 0.3) is 16.0 Å². The Morgan fingerprint density at radius 1 is 1.14 bits per heavy atom. The van der Waals surface area contributed by atoms with Crippen LogP contribution in [0, 0.1) is 5.82 Å². The molecule has 9 heteroatoms. The van der Waals surface area contributed by atoms with Gasteiger partial charge in [0.15, 0.2) is 5.13 Å². The Labute approximate surface area is 215 Å². The minimum Gasteiger partial charge on any atom is -0.507 e. The van der Waals surface area contributed by atoms with Crippen molar-refractivity contribution in [3.8, 4) is 11.5 Å². The van der Waals surface area contributed by atoms with Gasteiger partial charge in [0.1, 0.15) is 29.2 Å². The molecule has 0 bridgehead atoms. The number of benzene rings is 3. The van der Waals surface area contributed by atoms with Crippen LogP contribution >= 0.6 is 11.3 Å². The lowest BCUT2D eigenvalue weighted by Gasteiger charge is -2.23. The molecule has 7 nitrogen and oxygen atoms in total. The molecule has 6 rings (SSSR count). The Morgan fingerprint density at radius 2 is 1.92 bits per heavy atom. The summed E-state index contributed by atoms with van der Waals surface area (Å²) in [5, 5.41) is 11.7. The molecule has 3 aromatic carbocycles. The summed E-state index contributed by atoms with van der Waals surface area (Å²) >= 11 is 1.10. The number of amides is 1. The molecule has 1 saturated heterocycles. The van der Waals surface area contributed by atoms with Gasteiger partial charge in [0.25, 0.3) is 5.78 Å². The van der Waals surface area contributed by atoms with E-state index in [-0.39, 0.29) is 22.6 Å². The quantitative estimate of drug-likeness (QED) is 0.222. The van der Waals surface area contributed by atoms with Gasteiger partial charge in [-0.25, -0.2) is 9.37 Å². The van der Waals surface area contributed by atoms with Crippen LogP contribution in [0.5, 0.6) is 11.5 Å². The topological polar surface area (TPSA) is 89.0 Å². The number of hydrogen-bond donors (Lipinski definition) is 1. The number of halogens is 1. The highest BCUT2D eigenvalue weighted by atomic mass is 32.1. The molecule has 2 atom stereocenters. The molecular formula is C28H21FN2O5S. The summed E-state index contributed by atoms with van der Waals surface area (Å²) in [5.41, 5.74) is 2.38. The number of aromatic nitrogens is 1. The minimum atomic E-state index is -0.945. The van der Waals surface area contributed by atoms with E-state index in [1.165, 1.54) is 23.1 Å². The van der Waals surface area contributed by atoms with Gasteiger partial charge in [-0.05, 0) is 66.6 Å².